The van der Waals surface area contributed by atoms with Crippen molar-refractivity contribution < 1.29 is 33.8 Å². The van der Waals surface area contributed by atoms with Crippen molar-refractivity contribution >= 4 is 23.7 Å². The molecule has 3 rings (SSSR count). The normalized spacial score (nSPS) is 25.7. The number of rotatable bonds is 9. The molecule has 12 nitrogen and oxygen atoms in total. The van der Waals surface area contributed by atoms with Crippen LogP contribution in [0.1, 0.15) is 27.2 Å². The van der Waals surface area contributed by atoms with Crippen LogP contribution in [0.25, 0.3) is 0 Å². The average molecular weight is 494 g/mol. The van der Waals surface area contributed by atoms with Gasteiger partial charge in [0.25, 0.3) is 0 Å². The SMILES string of the molecule is CCOC(=O)CC(C(=O)OCC)N1CCN(CC2CN(C3=C(C)C(=NO)C(N)C=C3)C(=O)O2)CC1. The quantitative estimate of drug-likeness (QED) is 0.199. The molecule has 0 aromatic heterocycles. The predicted molar refractivity (Wildman–Crippen MR) is 126 cm³/mol. The zero-order valence-corrected chi connectivity index (χ0v) is 20.5. The fourth-order valence-electron chi connectivity index (χ4n) is 4.56. The van der Waals surface area contributed by atoms with Gasteiger partial charge in [-0.15, -0.1) is 0 Å². The average Bonchev–Trinajstić information content (AvgIpc) is 3.18. The fourth-order valence-corrected chi connectivity index (χ4v) is 4.56. The van der Waals surface area contributed by atoms with E-state index in [-0.39, 0.29) is 25.7 Å². The van der Waals surface area contributed by atoms with Crippen LogP contribution in [0.3, 0.4) is 0 Å². The van der Waals surface area contributed by atoms with Gasteiger partial charge in [0.2, 0.25) is 0 Å². The molecule has 12 heteroatoms. The third-order valence-corrected chi connectivity index (χ3v) is 6.35. The lowest BCUT2D eigenvalue weighted by Crippen LogP contribution is -2.54. The number of hydrogen-bond acceptors (Lipinski definition) is 11. The monoisotopic (exact) mass is 493 g/mol. The zero-order valence-electron chi connectivity index (χ0n) is 20.5. The molecule has 3 unspecified atom stereocenters. The highest BCUT2D eigenvalue weighted by molar-refractivity contribution is 6.06. The molecular formula is C23H35N5O7. The lowest BCUT2D eigenvalue weighted by Gasteiger charge is -2.38. The highest BCUT2D eigenvalue weighted by Crippen LogP contribution is 2.25. The Morgan fingerprint density at radius 3 is 2.54 bits per heavy atom. The molecule has 0 spiro atoms. The lowest BCUT2D eigenvalue weighted by molar-refractivity contribution is -0.157. The summed E-state index contributed by atoms with van der Waals surface area (Å²) in [4.78, 5) is 42.7. The molecular weight excluding hydrogens is 458 g/mol. The molecule has 35 heavy (non-hydrogen) atoms. The molecule has 1 amide bonds. The van der Waals surface area contributed by atoms with E-state index in [1.54, 1.807) is 32.9 Å². The van der Waals surface area contributed by atoms with E-state index in [0.29, 0.717) is 56.3 Å². The number of hydrogen-bond donors (Lipinski definition) is 2. The van der Waals surface area contributed by atoms with Crippen LogP contribution >= 0.6 is 0 Å². The van der Waals surface area contributed by atoms with E-state index in [9.17, 15) is 19.6 Å². The summed E-state index contributed by atoms with van der Waals surface area (Å²) in [6, 6.07) is -1.21. The Morgan fingerprint density at radius 2 is 1.91 bits per heavy atom. The number of carbonyl (C=O) groups excluding carboxylic acids is 3. The van der Waals surface area contributed by atoms with Gasteiger partial charge in [-0.3, -0.25) is 24.3 Å². The van der Waals surface area contributed by atoms with Crippen LogP contribution in [-0.2, 0) is 23.8 Å². The van der Waals surface area contributed by atoms with Crippen LogP contribution in [-0.4, -0.2) is 114 Å². The number of allylic oxidation sites excluding steroid dienone is 1. The van der Waals surface area contributed by atoms with Gasteiger partial charge in [0.15, 0.2) is 0 Å². The maximum atomic E-state index is 12.6. The smallest absolute Gasteiger partial charge is 0.414 e. The van der Waals surface area contributed by atoms with Crippen LogP contribution in [0.2, 0.25) is 0 Å². The number of piperazine rings is 1. The van der Waals surface area contributed by atoms with E-state index in [2.05, 4.69) is 10.1 Å². The third-order valence-electron chi connectivity index (χ3n) is 6.35. The Labute approximate surface area is 204 Å². The summed E-state index contributed by atoms with van der Waals surface area (Å²) in [7, 11) is 0. The summed E-state index contributed by atoms with van der Waals surface area (Å²) >= 11 is 0. The van der Waals surface area contributed by atoms with Crippen molar-refractivity contribution in [2.24, 2.45) is 10.9 Å². The molecule has 2 fully saturated rings. The topological polar surface area (TPSA) is 147 Å². The number of amides is 1. The van der Waals surface area contributed by atoms with Gasteiger partial charge in [-0.05, 0) is 32.4 Å². The number of cyclic esters (lactones) is 1. The van der Waals surface area contributed by atoms with Crippen LogP contribution < -0.4 is 5.73 Å². The lowest BCUT2D eigenvalue weighted by atomic mass is 9.97. The van der Waals surface area contributed by atoms with Crippen LogP contribution in [0.15, 0.2) is 28.6 Å². The molecule has 2 aliphatic heterocycles. The summed E-state index contributed by atoms with van der Waals surface area (Å²) in [6.07, 6.45) is 2.57. The first-order valence-corrected chi connectivity index (χ1v) is 11.9. The first-order chi connectivity index (χ1) is 16.8. The van der Waals surface area contributed by atoms with E-state index in [4.69, 9.17) is 19.9 Å². The minimum absolute atomic E-state index is 0.0490. The number of oxime groups is 1. The van der Waals surface area contributed by atoms with Crippen molar-refractivity contribution in [2.75, 3.05) is 52.5 Å². The first-order valence-electron chi connectivity index (χ1n) is 11.9. The minimum Gasteiger partial charge on any atom is -0.466 e. The number of nitrogens with zero attached hydrogens (tertiary/aromatic N) is 4. The maximum absolute atomic E-state index is 12.6. The summed E-state index contributed by atoms with van der Waals surface area (Å²) in [5.74, 6) is -0.855. The van der Waals surface area contributed by atoms with E-state index < -0.39 is 30.1 Å². The zero-order chi connectivity index (χ0) is 25.5. The van der Waals surface area contributed by atoms with Crippen molar-refractivity contribution in [3.8, 4) is 0 Å². The second kappa shape index (κ2) is 12.1. The predicted octanol–water partition coefficient (Wildman–Crippen LogP) is 0.311. The van der Waals surface area contributed by atoms with E-state index in [1.165, 1.54) is 4.90 Å². The molecule has 2 saturated heterocycles. The third kappa shape index (κ3) is 6.38. The second-order valence-electron chi connectivity index (χ2n) is 8.61. The molecule has 0 aromatic rings. The highest BCUT2D eigenvalue weighted by Gasteiger charge is 2.38. The van der Waals surface area contributed by atoms with Crippen LogP contribution in [0, 0.1) is 0 Å². The van der Waals surface area contributed by atoms with E-state index in [0.717, 1.165) is 0 Å². The number of carbonyl (C=O) groups is 3. The van der Waals surface area contributed by atoms with Crippen molar-refractivity contribution in [1.82, 2.24) is 14.7 Å². The Balaban J connectivity index is 1.56. The number of esters is 2. The Morgan fingerprint density at radius 1 is 1.23 bits per heavy atom. The van der Waals surface area contributed by atoms with E-state index >= 15 is 0 Å². The van der Waals surface area contributed by atoms with Gasteiger partial charge in [-0.25, -0.2) is 4.79 Å². The van der Waals surface area contributed by atoms with Crippen LogP contribution in [0.5, 0.6) is 0 Å². The van der Waals surface area contributed by atoms with Crippen molar-refractivity contribution in [3.63, 3.8) is 0 Å². The molecule has 0 radical (unpaired) electrons. The maximum Gasteiger partial charge on any atom is 0.414 e. The summed E-state index contributed by atoms with van der Waals surface area (Å²) in [5, 5.41) is 12.5. The fraction of sp³-hybridized carbons (Fsp3) is 0.652. The van der Waals surface area contributed by atoms with Gasteiger partial charge in [0, 0.05) is 32.7 Å². The molecule has 2 heterocycles. The second-order valence-corrected chi connectivity index (χ2v) is 8.61. The van der Waals surface area contributed by atoms with Crippen LogP contribution in [0.4, 0.5) is 4.79 Å². The van der Waals surface area contributed by atoms with Gasteiger partial charge in [-0.1, -0.05) is 11.2 Å². The number of ether oxygens (including phenoxy) is 3. The largest absolute Gasteiger partial charge is 0.466 e. The molecule has 0 saturated carbocycles. The van der Waals surface area contributed by atoms with Crippen molar-refractivity contribution in [2.45, 2.75) is 45.4 Å². The Bertz CT molecular complexity index is 895. The van der Waals surface area contributed by atoms with Gasteiger partial charge >= 0.3 is 18.0 Å². The molecule has 3 atom stereocenters. The Hall–Kier alpha value is -2.96. The molecule has 3 aliphatic rings. The van der Waals surface area contributed by atoms with Crippen molar-refractivity contribution in [1.29, 1.82) is 0 Å². The highest BCUT2D eigenvalue weighted by atomic mass is 16.6. The molecule has 0 bridgehead atoms. The van der Waals surface area contributed by atoms with Gasteiger partial charge in [0.05, 0.1) is 37.9 Å². The van der Waals surface area contributed by atoms with Crippen molar-refractivity contribution in [3.05, 3.63) is 23.4 Å². The molecule has 0 aromatic carbocycles. The number of nitrogens with two attached hydrogens (primary N) is 1. The summed E-state index contributed by atoms with van der Waals surface area (Å²) < 4.78 is 15.8. The molecule has 3 N–H and O–H groups in total. The molecule has 194 valence electrons. The van der Waals surface area contributed by atoms with Gasteiger partial charge in [0.1, 0.15) is 17.9 Å². The Kier molecular flexibility index (Phi) is 9.24. The van der Waals surface area contributed by atoms with E-state index in [1.807, 2.05) is 4.90 Å². The summed E-state index contributed by atoms with van der Waals surface area (Å²) in [6.45, 7) is 9.02. The molecule has 1 aliphatic carbocycles. The van der Waals surface area contributed by atoms with Gasteiger partial charge in [-0.2, -0.15) is 0 Å². The first kappa shape index (κ1) is 26.6. The standard InChI is InChI=1S/C23H35N5O7/c1-4-33-20(29)12-19(22(30)34-5-2)27-10-8-26(9-11-27)13-16-14-28(23(31)35-16)18-7-6-17(24)21(25-32)15(18)3/h6-7,16-17,19,32H,4-5,8-14,24H2,1-3H3. The minimum atomic E-state index is -0.683. The summed E-state index contributed by atoms with van der Waals surface area (Å²) in [5.41, 5.74) is 7.47. The van der Waals surface area contributed by atoms with Gasteiger partial charge < -0.3 is 25.2 Å².